The van der Waals surface area contributed by atoms with Gasteiger partial charge in [-0.15, -0.1) is 0 Å². The fraction of sp³-hybridized carbons (Fsp3) is 0.250. The minimum Gasteiger partial charge on any atom is -0.505 e. The Morgan fingerprint density at radius 1 is 1.16 bits per heavy atom. The summed E-state index contributed by atoms with van der Waals surface area (Å²) in [5.41, 5.74) is 2.99. The summed E-state index contributed by atoms with van der Waals surface area (Å²) >= 11 is 0. The van der Waals surface area contributed by atoms with Gasteiger partial charge in [0.15, 0.2) is 11.6 Å². The molecule has 2 N–H and O–H groups in total. The normalized spacial score (nSPS) is 12.4. The monoisotopic (exact) mass is 259 g/mol. The van der Waals surface area contributed by atoms with Crippen molar-refractivity contribution in [2.45, 2.75) is 26.4 Å². The van der Waals surface area contributed by atoms with E-state index in [1.54, 1.807) is 12.1 Å². The molecule has 0 saturated carbocycles. The molecule has 2 rings (SSSR count). The van der Waals surface area contributed by atoms with Gasteiger partial charge >= 0.3 is 0 Å². The Bertz CT molecular complexity index is 568. The molecule has 2 aromatic carbocycles. The zero-order chi connectivity index (χ0) is 13.8. The molecular weight excluding hydrogens is 241 g/mol. The second-order valence-electron chi connectivity index (χ2n) is 4.71. The third-order valence-corrected chi connectivity index (χ3v) is 3.32. The second kappa shape index (κ2) is 5.85. The van der Waals surface area contributed by atoms with Gasteiger partial charge in [-0.2, -0.15) is 0 Å². The summed E-state index contributed by atoms with van der Waals surface area (Å²) in [6, 6.07) is 12.9. The molecule has 1 unspecified atom stereocenters. The highest BCUT2D eigenvalue weighted by molar-refractivity contribution is 5.34. The van der Waals surface area contributed by atoms with Crippen LogP contribution in [0.3, 0.4) is 0 Å². The number of aryl methyl sites for hydroxylation is 1. The fourth-order valence-corrected chi connectivity index (χ4v) is 2.15. The van der Waals surface area contributed by atoms with Crippen LogP contribution in [0, 0.1) is 12.7 Å². The Hall–Kier alpha value is -1.87. The van der Waals surface area contributed by atoms with Crippen LogP contribution in [0.15, 0.2) is 42.5 Å². The zero-order valence-electron chi connectivity index (χ0n) is 11.2. The van der Waals surface area contributed by atoms with Crippen molar-refractivity contribution >= 4 is 0 Å². The molecule has 0 spiro atoms. The Kier molecular flexibility index (Phi) is 4.17. The number of phenolic OH excluding ortho intramolecular Hbond substituents is 1. The molecule has 19 heavy (non-hydrogen) atoms. The fourth-order valence-electron chi connectivity index (χ4n) is 2.15. The van der Waals surface area contributed by atoms with Crippen molar-refractivity contribution in [1.29, 1.82) is 0 Å². The number of nitrogens with one attached hydrogen (secondary N) is 1. The number of rotatable bonds is 4. The van der Waals surface area contributed by atoms with Crippen LogP contribution in [-0.2, 0) is 6.54 Å². The van der Waals surface area contributed by atoms with E-state index in [0.717, 1.165) is 0 Å². The first kappa shape index (κ1) is 13.6. The molecule has 0 bridgehead atoms. The van der Waals surface area contributed by atoms with Crippen molar-refractivity contribution in [3.8, 4) is 5.75 Å². The average molecular weight is 259 g/mol. The minimum atomic E-state index is -0.581. The number of hydrogen-bond acceptors (Lipinski definition) is 2. The van der Waals surface area contributed by atoms with E-state index in [9.17, 15) is 9.50 Å². The van der Waals surface area contributed by atoms with E-state index in [4.69, 9.17) is 0 Å². The van der Waals surface area contributed by atoms with Crippen LogP contribution in [-0.4, -0.2) is 5.11 Å². The number of hydrogen-bond donors (Lipinski definition) is 2. The van der Waals surface area contributed by atoms with Gasteiger partial charge in [-0.05, 0) is 31.0 Å². The average Bonchev–Trinajstić information content (AvgIpc) is 2.40. The quantitative estimate of drug-likeness (QED) is 0.877. The Labute approximate surface area is 112 Å². The predicted molar refractivity (Wildman–Crippen MR) is 74.5 cm³/mol. The van der Waals surface area contributed by atoms with Gasteiger partial charge in [0.2, 0.25) is 0 Å². The van der Waals surface area contributed by atoms with E-state index in [0.29, 0.717) is 12.1 Å². The van der Waals surface area contributed by atoms with Crippen molar-refractivity contribution < 1.29 is 9.50 Å². The smallest absolute Gasteiger partial charge is 0.165 e. The SMILES string of the molecule is Cc1ccccc1C(C)NCc1cccc(F)c1O. The molecule has 0 radical (unpaired) electrons. The first-order chi connectivity index (χ1) is 9.09. The molecule has 3 heteroatoms. The lowest BCUT2D eigenvalue weighted by Crippen LogP contribution is -2.19. The van der Waals surface area contributed by atoms with E-state index in [2.05, 4.69) is 31.3 Å². The van der Waals surface area contributed by atoms with Crippen LogP contribution in [0.4, 0.5) is 4.39 Å². The van der Waals surface area contributed by atoms with Crippen LogP contribution >= 0.6 is 0 Å². The molecule has 100 valence electrons. The Balaban J connectivity index is 2.07. The third-order valence-electron chi connectivity index (χ3n) is 3.32. The maximum atomic E-state index is 13.2. The largest absolute Gasteiger partial charge is 0.505 e. The van der Waals surface area contributed by atoms with Crippen LogP contribution in [0.1, 0.15) is 29.7 Å². The summed E-state index contributed by atoms with van der Waals surface area (Å²) in [6.07, 6.45) is 0. The Morgan fingerprint density at radius 3 is 2.63 bits per heavy atom. The number of phenols is 1. The summed E-state index contributed by atoms with van der Waals surface area (Å²) in [5, 5.41) is 12.9. The molecule has 1 atom stereocenters. The van der Waals surface area contributed by atoms with E-state index < -0.39 is 5.82 Å². The van der Waals surface area contributed by atoms with Gasteiger partial charge < -0.3 is 10.4 Å². The molecule has 0 saturated heterocycles. The standard InChI is InChI=1S/C16H18FNO/c1-11-6-3-4-8-14(11)12(2)18-10-13-7-5-9-15(17)16(13)19/h3-9,12,18-19H,10H2,1-2H3. The Morgan fingerprint density at radius 2 is 1.89 bits per heavy atom. The highest BCUT2D eigenvalue weighted by atomic mass is 19.1. The van der Waals surface area contributed by atoms with Crippen molar-refractivity contribution in [3.05, 3.63) is 65.0 Å². The molecule has 2 aromatic rings. The molecule has 0 aromatic heterocycles. The summed E-state index contributed by atoms with van der Waals surface area (Å²) in [5.74, 6) is -0.852. The highest BCUT2D eigenvalue weighted by Gasteiger charge is 2.10. The third kappa shape index (κ3) is 3.12. The molecule has 2 nitrogen and oxygen atoms in total. The summed E-state index contributed by atoms with van der Waals surface area (Å²) < 4.78 is 13.2. The topological polar surface area (TPSA) is 32.3 Å². The van der Waals surface area contributed by atoms with Crippen LogP contribution < -0.4 is 5.32 Å². The van der Waals surface area contributed by atoms with E-state index >= 15 is 0 Å². The number of aromatic hydroxyl groups is 1. The van der Waals surface area contributed by atoms with Crippen LogP contribution in [0.5, 0.6) is 5.75 Å². The molecule has 0 heterocycles. The number of halogens is 1. The van der Waals surface area contributed by atoms with Crippen LogP contribution in [0.2, 0.25) is 0 Å². The van der Waals surface area contributed by atoms with Gasteiger partial charge in [-0.3, -0.25) is 0 Å². The molecule has 0 aliphatic rings. The van der Waals surface area contributed by atoms with Gasteiger partial charge in [-0.25, -0.2) is 4.39 Å². The summed E-state index contributed by atoms with van der Waals surface area (Å²) in [6.45, 7) is 4.55. The second-order valence-corrected chi connectivity index (χ2v) is 4.71. The van der Waals surface area contributed by atoms with Crippen LogP contribution in [0.25, 0.3) is 0 Å². The first-order valence-corrected chi connectivity index (χ1v) is 6.35. The molecular formula is C16H18FNO. The van der Waals surface area contributed by atoms with Gasteiger partial charge in [0.1, 0.15) is 0 Å². The summed E-state index contributed by atoms with van der Waals surface area (Å²) in [4.78, 5) is 0. The van der Waals surface area contributed by atoms with Crippen molar-refractivity contribution in [1.82, 2.24) is 5.32 Å². The van der Waals surface area contributed by atoms with Crippen molar-refractivity contribution in [2.75, 3.05) is 0 Å². The van der Waals surface area contributed by atoms with Gasteiger partial charge in [0, 0.05) is 18.2 Å². The number of para-hydroxylation sites is 1. The lowest BCUT2D eigenvalue weighted by Gasteiger charge is -2.17. The maximum Gasteiger partial charge on any atom is 0.165 e. The molecule has 0 aliphatic carbocycles. The number of benzene rings is 2. The summed E-state index contributed by atoms with van der Waals surface area (Å²) in [7, 11) is 0. The van der Waals surface area contributed by atoms with E-state index in [1.807, 2.05) is 12.1 Å². The van der Waals surface area contributed by atoms with Gasteiger partial charge in [-0.1, -0.05) is 36.4 Å². The van der Waals surface area contributed by atoms with Gasteiger partial charge in [0.05, 0.1) is 0 Å². The lowest BCUT2D eigenvalue weighted by molar-refractivity contribution is 0.420. The highest BCUT2D eigenvalue weighted by Crippen LogP contribution is 2.22. The van der Waals surface area contributed by atoms with Crippen molar-refractivity contribution in [3.63, 3.8) is 0 Å². The minimum absolute atomic E-state index is 0.142. The van der Waals surface area contributed by atoms with E-state index in [-0.39, 0.29) is 11.8 Å². The van der Waals surface area contributed by atoms with E-state index in [1.165, 1.54) is 17.2 Å². The predicted octanol–water partition coefficient (Wildman–Crippen LogP) is 3.69. The molecule has 0 fully saturated rings. The molecule has 0 amide bonds. The lowest BCUT2D eigenvalue weighted by atomic mass is 10.0. The molecule has 0 aliphatic heterocycles. The maximum absolute atomic E-state index is 13.2. The van der Waals surface area contributed by atoms with Crippen molar-refractivity contribution in [2.24, 2.45) is 0 Å². The zero-order valence-corrected chi connectivity index (χ0v) is 11.2. The van der Waals surface area contributed by atoms with Gasteiger partial charge in [0.25, 0.3) is 0 Å². The first-order valence-electron chi connectivity index (χ1n) is 6.35.